The summed E-state index contributed by atoms with van der Waals surface area (Å²) in [7, 11) is -4.24. The van der Waals surface area contributed by atoms with Crippen LogP contribution in [0.4, 0.5) is 10.1 Å². The molecule has 1 fully saturated rings. The standard InChI is InChI=1S/C24H17ClFN3O4S/c25-18-5-11-21(12-6-18)34(32,33)28(15-17-1-7-19(26)8-2-17)22-13-23(30)29(24(22)31)20-9-3-16(14-27)4-10-20/h1-12,22H,13,15H2. The molecule has 1 aliphatic rings. The number of carbonyl (C=O) groups excluding carboxylic acids is 2. The van der Waals surface area contributed by atoms with Gasteiger partial charge in [-0.25, -0.2) is 17.7 Å². The van der Waals surface area contributed by atoms with Crippen LogP contribution in [0.2, 0.25) is 5.02 Å². The van der Waals surface area contributed by atoms with Gasteiger partial charge in [0.15, 0.2) is 0 Å². The fraction of sp³-hybridized carbons (Fsp3) is 0.125. The Morgan fingerprint density at radius 3 is 2.21 bits per heavy atom. The molecule has 0 saturated carbocycles. The lowest BCUT2D eigenvalue weighted by Gasteiger charge is -2.27. The second-order valence-electron chi connectivity index (χ2n) is 7.58. The van der Waals surface area contributed by atoms with Crippen LogP contribution in [-0.4, -0.2) is 30.6 Å². The van der Waals surface area contributed by atoms with Crippen LogP contribution in [0.25, 0.3) is 0 Å². The van der Waals surface area contributed by atoms with Gasteiger partial charge < -0.3 is 0 Å². The van der Waals surface area contributed by atoms with E-state index in [1.54, 1.807) is 0 Å². The number of hydrogen-bond donors (Lipinski definition) is 0. The van der Waals surface area contributed by atoms with E-state index in [4.69, 9.17) is 16.9 Å². The molecule has 0 aliphatic carbocycles. The lowest BCUT2D eigenvalue weighted by Crippen LogP contribution is -2.45. The minimum Gasteiger partial charge on any atom is -0.274 e. The first-order valence-corrected chi connectivity index (χ1v) is 11.9. The van der Waals surface area contributed by atoms with Gasteiger partial charge in [0.05, 0.1) is 28.6 Å². The molecule has 3 aromatic rings. The van der Waals surface area contributed by atoms with Crippen LogP contribution in [-0.2, 0) is 26.2 Å². The first-order valence-electron chi connectivity index (χ1n) is 10.1. The SMILES string of the molecule is N#Cc1ccc(N2C(=O)CC(N(Cc3ccc(F)cc3)S(=O)(=O)c3ccc(Cl)cc3)C2=O)cc1. The molecule has 2 amide bonds. The van der Waals surface area contributed by atoms with Crippen molar-refractivity contribution in [3.63, 3.8) is 0 Å². The topological polar surface area (TPSA) is 98.5 Å². The van der Waals surface area contributed by atoms with Gasteiger partial charge in [-0.15, -0.1) is 0 Å². The number of hydrogen-bond acceptors (Lipinski definition) is 5. The third-order valence-corrected chi connectivity index (χ3v) is 7.52. The second-order valence-corrected chi connectivity index (χ2v) is 9.90. The number of imide groups is 1. The van der Waals surface area contributed by atoms with Crippen molar-refractivity contribution in [3.05, 3.63) is 94.8 Å². The van der Waals surface area contributed by atoms with Crippen molar-refractivity contribution in [1.29, 1.82) is 5.26 Å². The van der Waals surface area contributed by atoms with Gasteiger partial charge in [0.25, 0.3) is 5.91 Å². The largest absolute Gasteiger partial charge is 0.274 e. The molecule has 0 radical (unpaired) electrons. The highest BCUT2D eigenvalue weighted by Crippen LogP contribution is 2.31. The highest BCUT2D eigenvalue weighted by Gasteiger charge is 2.47. The van der Waals surface area contributed by atoms with E-state index >= 15 is 0 Å². The molecule has 1 heterocycles. The fourth-order valence-electron chi connectivity index (χ4n) is 3.67. The van der Waals surface area contributed by atoms with Crippen LogP contribution in [0.5, 0.6) is 0 Å². The number of nitriles is 1. The van der Waals surface area contributed by atoms with Gasteiger partial charge in [-0.1, -0.05) is 23.7 Å². The van der Waals surface area contributed by atoms with E-state index in [0.29, 0.717) is 16.1 Å². The lowest BCUT2D eigenvalue weighted by molar-refractivity contribution is -0.122. The van der Waals surface area contributed by atoms with Crippen molar-refractivity contribution in [1.82, 2.24) is 4.31 Å². The predicted molar refractivity (Wildman–Crippen MR) is 123 cm³/mol. The summed E-state index contributed by atoms with van der Waals surface area (Å²) in [5.74, 6) is -1.78. The molecule has 0 aromatic heterocycles. The summed E-state index contributed by atoms with van der Waals surface area (Å²) in [4.78, 5) is 27.0. The van der Waals surface area contributed by atoms with Crippen LogP contribution in [0.15, 0.2) is 77.7 Å². The molecule has 1 atom stereocenters. The number of halogens is 2. The van der Waals surface area contributed by atoms with E-state index in [9.17, 15) is 22.4 Å². The first kappa shape index (κ1) is 23.6. The van der Waals surface area contributed by atoms with E-state index in [2.05, 4.69) is 0 Å². The Hall–Kier alpha value is -3.58. The molecule has 1 unspecified atom stereocenters. The first-order chi connectivity index (χ1) is 16.2. The highest BCUT2D eigenvalue weighted by atomic mass is 35.5. The van der Waals surface area contributed by atoms with Gasteiger partial charge in [-0.3, -0.25) is 9.59 Å². The monoisotopic (exact) mass is 497 g/mol. The van der Waals surface area contributed by atoms with Crippen molar-refractivity contribution in [3.8, 4) is 6.07 Å². The number of rotatable bonds is 6. The number of amides is 2. The number of nitrogens with zero attached hydrogens (tertiary/aromatic N) is 3. The summed E-state index contributed by atoms with van der Waals surface area (Å²) in [6, 6.07) is 17.1. The maximum absolute atomic E-state index is 13.6. The van der Waals surface area contributed by atoms with Crippen LogP contribution in [0.1, 0.15) is 17.5 Å². The third-order valence-electron chi connectivity index (χ3n) is 5.40. The summed E-state index contributed by atoms with van der Waals surface area (Å²) in [6.07, 6.45) is -0.368. The van der Waals surface area contributed by atoms with E-state index in [1.165, 1.54) is 72.8 Å². The number of benzene rings is 3. The fourth-order valence-corrected chi connectivity index (χ4v) is 5.37. The van der Waals surface area contributed by atoms with Crippen LogP contribution >= 0.6 is 11.6 Å². The van der Waals surface area contributed by atoms with E-state index in [1.807, 2.05) is 6.07 Å². The maximum atomic E-state index is 13.6. The van der Waals surface area contributed by atoms with Gasteiger partial charge >= 0.3 is 0 Å². The zero-order valence-electron chi connectivity index (χ0n) is 17.6. The van der Waals surface area contributed by atoms with Gasteiger partial charge in [0.1, 0.15) is 11.9 Å². The molecular formula is C24H17ClFN3O4S. The van der Waals surface area contributed by atoms with Gasteiger partial charge in [0, 0.05) is 11.6 Å². The molecule has 4 rings (SSSR count). The molecule has 3 aromatic carbocycles. The van der Waals surface area contributed by atoms with E-state index < -0.39 is 33.7 Å². The van der Waals surface area contributed by atoms with E-state index in [-0.39, 0.29) is 23.5 Å². The predicted octanol–water partition coefficient (Wildman–Crippen LogP) is 3.87. The van der Waals surface area contributed by atoms with Crippen LogP contribution < -0.4 is 4.90 Å². The summed E-state index contributed by atoms with van der Waals surface area (Å²) in [6.45, 7) is -0.254. The molecule has 172 valence electrons. The van der Waals surface area contributed by atoms with Crippen LogP contribution in [0, 0.1) is 17.1 Å². The lowest BCUT2D eigenvalue weighted by atomic mass is 10.2. The average molecular weight is 498 g/mol. The molecule has 10 heteroatoms. The normalized spacial score (nSPS) is 16.2. The summed E-state index contributed by atoms with van der Waals surface area (Å²) >= 11 is 5.89. The summed E-state index contributed by atoms with van der Waals surface area (Å²) in [5, 5.41) is 9.32. The van der Waals surface area contributed by atoms with Crippen molar-refractivity contribution in [2.24, 2.45) is 0 Å². The van der Waals surface area contributed by atoms with Gasteiger partial charge in [-0.05, 0) is 66.2 Å². The Morgan fingerprint density at radius 1 is 1.00 bits per heavy atom. The van der Waals surface area contributed by atoms with Crippen molar-refractivity contribution >= 4 is 39.1 Å². The van der Waals surface area contributed by atoms with Gasteiger partial charge in [0.2, 0.25) is 15.9 Å². The smallest absolute Gasteiger partial charge is 0.252 e. The van der Waals surface area contributed by atoms with Gasteiger partial charge in [-0.2, -0.15) is 9.57 Å². The zero-order chi connectivity index (χ0) is 24.5. The average Bonchev–Trinajstić information content (AvgIpc) is 3.12. The highest BCUT2D eigenvalue weighted by molar-refractivity contribution is 7.89. The molecule has 0 spiro atoms. The third kappa shape index (κ3) is 4.56. The minimum absolute atomic E-state index is 0.101. The Labute approximate surface area is 200 Å². The van der Waals surface area contributed by atoms with Crippen molar-refractivity contribution in [2.75, 3.05) is 4.90 Å². The zero-order valence-corrected chi connectivity index (χ0v) is 19.1. The second kappa shape index (κ2) is 9.35. The molecule has 0 N–H and O–H groups in total. The molecular weight excluding hydrogens is 481 g/mol. The molecule has 7 nitrogen and oxygen atoms in total. The number of carbonyl (C=O) groups is 2. The minimum atomic E-state index is -4.24. The Kier molecular flexibility index (Phi) is 6.48. The van der Waals surface area contributed by atoms with Crippen molar-refractivity contribution < 1.29 is 22.4 Å². The van der Waals surface area contributed by atoms with Crippen LogP contribution in [0.3, 0.4) is 0 Å². The number of sulfonamides is 1. The quantitative estimate of drug-likeness (QED) is 0.481. The Bertz CT molecular complexity index is 1390. The summed E-state index contributed by atoms with van der Waals surface area (Å²) < 4.78 is 41.5. The molecule has 1 aliphatic heterocycles. The molecule has 34 heavy (non-hydrogen) atoms. The van der Waals surface area contributed by atoms with E-state index in [0.717, 1.165) is 9.21 Å². The molecule has 1 saturated heterocycles. The maximum Gasteiger partial charge on any atom is 0.252 e. The molecule has 0 bridgehead atoms. The summed E-state index contributed by atoms with van der Waals surface area (Å²) in [5.41, 5.74) is 1.03. The Balaban J connectivity index is 1.74. The number of anilines is 1. The van der Waals surface area contributed by atoms with Crippen molar-refractivity contribution in [2.45, 2.75) is 23.9 Å². The Morgan fingerprint density at radius 2 is 1.62 bits per heavy atom.